The summed E-state index contributed by atoms with van der Waals surface area (Å²) in [6.45, 7) is 7.96. The van der Waals surface area contributed by atoms with Crippen LogP contribution in [0, 0.1) is 11.8 Å². The molecule has 0 aromatic carbocycles. The average Bonchev–Trinajstić information content (AvgIpc) is 2.13. The lowest BCUT2D eigenvalue weighted by Crippen LogP contribution is -2.25. The summed E-state index contributed by atoms with van der Waals surface area (Å²) in [6.07, 6.45) is 0. The minimum Gasteiger partial charge on any atom is -0.342 e. The Morgan fingerprint density at radius 1 is 1.30 bits per heavy atom. The summed E-state index contributed by atoms with van der Waals surface area (Å²) in [5, 5.41) is 0. The summed E-state index contributed by atoms with van der Waals surface area (Å²) in [5.41, 5.74) is 0. The monoisotopic (exact) mass is 141 g/mol. The third kappa shape index (κ3) is 1.31. The molecule has 0 saturated carbocycles. The van der Waals surface area contributed by atoms with Crippen molar-refractivity contribution in [3.05, 3.63) is 0 Å². The van der Waals surface area contributed by atoms with Crippen LogP contribution in [0.1, 0.15) is 20.8 Å². The first-order chi connectivity index (χ1) is 4.61. The van der Waals surface area contributed by atoms with Crippen molar-refractivity contribution in [2.45, 2.75) is 20.8 Å². The fourth-order valence-electron chi connectivity index (χ4n) is 1.39. The van der Waals surface area contributed by atoms with Crippen LogP contribution in [0.3, 0.4) is 0 Å². The summed E-state index contributed by atoms with van der Waals surface area (Å²) in [5.74, 6) is 1.59. The van der Waals surface area contributed by atoms with Crippen LogP contribution >= 0.6 is 0 Å². The molecule has 0 aromatic heterocycles. The Morgan fingerprint density at radius 3 is 1.90 bits per heavy atom. The van der Waals surface area contributed by atoms with E-state index in [0.717, 1.165) is 13.1 Å². The Kier molecular flexibility index (Phi) is 1.97. The van der Waals surface area contributed by atoms with E-state index in [0.29, 0.717) is 11.8 Å². The number of hydrogen-bond acceptors (Lipinski definition) is 1. The molecule has 0 unspecified atom stereocenters. The van der Waals surface area contributed by atoms with Gasteiger partial charge in [-0.3, -0.25) is 4.79 Å². The van der Waals surface area contributed by atoms with E-state index in [1.54, 1.807) is 6.92 Å². The summed E-state index contributed by atoms with van der Waals surface area (Å²) in [4.78, 5) is 12.8. The van der Waals surface area contributed by atoms with Crippen LogP contribution in [0.4, 0.5) is 0 Å². The first-order valence-corrected chi connectivity index (χ1v) is 3.86. The molecule has 10 heavy (non-hydrogen) atoms. The fraction of sp³-hybridized carbons (Fsp3) is 0.875. The Labute approximate surface area is 62.2 Å². The zero-order valence-electron chi connectivity index (χ0n) is 6.92. The molecule has 1 heterocycles. The maximum absolute atomic E-state index is 10.9. The van der Waals surface area contributed by atoms with Crippen molar-refractivity contribution >= 4 is 5.91 Å². The first kappa shape index (κ1) is 7.58. The Hall–Kier alpha value is -0.530. The van der Waals surface area contributed by atoms with E-state index in [1.807, 2.05) is 4.90 Å². The molecule has 1 fully saturated rings. The molecule has 2 nitrogen and oxygen atoms in total. The smallest absolute Gasteiger partial charge is 0.219 e. The number of amides is 1. The molecule has 0 aromatic rings. The Morgan fingerprint density at radius 2 is 1.70 bits per heavy atom. The van der Waals surface area contributed by atoms with Crippen molar-refractivity contribution in [1.29, 1.82) is 0 Å². The van der Waals surface area contributed by atoms with Gasteiger partial charge in [-0.1, -0.05) is 13.8 Å². The van der Waals surface area contributed by atoms with Crippen LogP contribution in [0.2, 0.25) is 0 Å². The van der Waals surface area contributed by atoms with E-state index in [4.69, 9.17) is 0 Å². The van der Waals surface area contributed by atoms with Crippen molar-refractivity contribution in [3.8, 4) is 0 Å². The lowest BCUT2D eigenvalue weighted by Gasteiger charge is -2.11. The first-order valence-electron chi connectivity index (χ1n) is 3.86. The highest BCUT2D eigenvalue weighted by Crippen LogP contribution is 2.21. The lowest BCUT2D eigenvalue weighted by atomic mass is 10.0. The van der Waals surface area contributed by atoms with Gasteiger partial charge in [0.05, 0.1) is 0 Å². The van der Waals surface area contributed by atoms with Gasteiger partial charge in [-0.15, -0.1) is 0 Å². The topological polar surface area (TPSA) is 20.3 Å². The van der Waals surface area contributed by atoms with Crippen LogP contribution in [0.15, 0.2) is 0 Å². The second kappa shape index (κ2) is 2.60. The molecule has 2 atom stereocenters. The van der Waals surface area contributed by atoms with E-state index in [-0.39, 0.29) is 5.91 Å². The third-order valence-electron chi connectivity index (χ3n) is 2.43. The highest BCUT2D eigenvalue weighted by molar-refractivity contribution is 5.73. The summed E-state index contributed by atoms with van der Waals surface area (Å²) in [6, 6.07) is 0. The Bertz CT molecular complexity index is 134. The molecule has 0 radical (unpaired) electrons. The molecule has 0 spiro atoms. The van der Waals surface area contributed by atoms with Crippen LogP contribution in [0.5, 0.6) is 0 Å². The van der Waals surface area contributed by atoms with E-state index >= 15 is 0 Å². The number of carbonyl (C=O) groups excluding carboxylic acids is 1. The van der Waals surface area contributed by atoms with Gasteiger partial charge in [-0.2, -0.15) is 0 Å². The molecule has 1 saturated heterocycles. The molecule has 58 valence electrons. The predicted octanol–water partition coefficient (Wildman–Crippen LogP) is 1.12. The van der Waals surface area contributed by atoms with Gasteiger partial charge in [0, 0.05) is 20.0 Å². The molecular weight excluding hydrogens is 126 g/mol. The number of rotatable bonds is 0. The van der Waals surface area contributed by atoms with Crippen LogP contribution in [-0.4, -0.2) is 23.9 Å². The summed E-state index contributed by atoms with van der Waals surface area (Å²) >= 11 is 0. The highest BCUT2D eigenvalue weighted by Gasteiger charge is 2.26. The molecule has 0 bridgehead atoms. The van der Waals surface area contributed by atoms with Gasteiger partial charge < -0.3 is 4.90 Å². The van der Waals surface area contributed by atoms with E-state index in [9.17, 15) is 4.79 Å². The second-order valence-corrected chi connectivity index (χ2v) is 3.38. The molecule has 0 aliphatic carbocycles. The maximum Gasteiger partial charge on any atom is 0.219 e. The standard InChI is InChI=1S/C8H15NO/c1-6-4-9(8(3)10)5-7(6)2/h6-7H,4-5H2,1-3H3/t6-,7+. The highest BCUT2D eigenvalue weighted by atomic mass is 16.2. The molecular formula is C8H15NO. The molecule has 0 N–H and O–H groups in total. The van der Waals surface area contributed by atoms with Gasteiger partial charge in [0.1, 0.15) is 0 Å². The van der Waals surface area contributed by atoms with Crippen LogP contribution in [-0.2, 0) is 4.79 Å². The van der Waals surface area contributed by atoms with Crippen molar-refractivity contribution < 1.29 is 4.79 Å². The fourth-order valence-corrected chi connectivity index (χ4v) is 1.39. The number of nitrogens with zero attached hydrogens (tertiary/aromatic N) is 1. The average molecular weight is 141 g/mol. The summed E-state index contributed by atoms with van der Waals surface area (Å²) < 4.78 is 0. The minimum atomic E-state index is 0.219. The zero-order valence-corrected chi connectivity index (χ0v) is 6.92. The number of likely N-dealkylation sites (tertiary alicyclic amines) is 1. The normalized spacial score (nSPS) is 32.9. The molecule has 1 aliphatic rings. The van der Waals surface area contributed by atoms with E-state index in [2.05, 4.69) is 13.8 Å². The van der Waals surface area contributed by atoms with E-state index in [1.165, 1.54) is 0 Å². The number of hydrogen-bond donors (Lipinski definition) is 0. The largest absolute Gasteiger partial charge is 0.342 e. The van der Waals surface area contributed by atoms with Crippen molar-refractivity contribution in [1.82, 2.24) is 4.90 Å². The number of carbonyl (C=O) groups is 1. The molecule has 2 heteroatoms. The van der Waals surface area contributed by atoms with Crippen molar-refractivity contribution in [2.24, 2.45) is 11.8 Å². The molecule has 1 rings (SSSR count). The van der Waals surface area contributed by atoms with Gasteiger partial charge in [-0.25, -0.2) is 0 Å². The minimum absolute atomic E-state index is 0.219. The molecule has 1 aliphatic heterocycles. The van der Waals surface area contributed by atoms with Gasteiger partial charge in [0.2, 0.25) is 5.91 Å². The Balaban J connectivity index is 2.49. The zero-order chi connectivity index (χ0) is 7.72. The van der Waals surface area contributed by atoms with Crippen LogP contribution < -0.4 is 0 Å². The summed E-state index contributed by atoms with van der Waals surface area (Å²) in [7, 11) is 0. The van der Waals surface area contributed by atoms with Gasteiger partial charge in [0.25, 0.3) is 0 Å². The van der Waals surface area contributed by atoms with Gasteiger partial charge in [0.15, 0.2) is 0 Å². The van der Waals surface area contributed by atoms with Crippen molar-refractivity contribution in [3.63, 3.8) is 0 Å². The van der Waals surface area contributed by atoms with E-state index < -0.39 is 0 Å². The third-order valence-corrected chi connectivity index (χ3v) is 2.43. The second-order valence-electron chi connectivity index (χ2n) is 3.38. The SMILES string of the molecule is CC(=O)N1C[C@@H](C)[C@@H](C)C1. The quantitative estimate of drug-likeness (QED) is 0.495. The lowest BCUT2D eigenvalue weighted by molar-refractivity contribution is -0.128. The van der Waals surface area contributed by atoms with Crippen molar-refractivity contribution in [2.75, 3.05) is 13.1 Å². The van der Waals surface area contributed by atoms with Gasteiger partial charge >= 0.3 is 0 Å². The van der Waals surface area contributed by atoms with Gasteiger partial charge in [-0.05, 0) is 11.8 Å². The maximum atomic E-state index is 10.9. The molecule has 1 amide bonds. The predicted molar refractivity (Wildman–Crippen MR) is 40.6 cm³/mol. The van der Waals surface area contributed by atoms with Crippen LogP contribution in [0.25, 0.3) is 0 Å².